The summed E-state index contributed by atoms with van der Waals surface area (Å²) in [5, 5.41) is 1.23. The lowest BCUT2D eigenvalue weighted by Gasteiger charge is -2.17. The monoisotopic (exact) mass is 374 g/mol. The van der Waals surface area contributed by atoms with Crippen LogP contribution in [0.4, 0.5) is 5.69 Å². The molecule has 1 aliphatic rings. The predicted molar refractivity (Wildman–Crippen MR) is 105 cm³/mol. The Bertz CT molecular complexity index is 1320. The number of H-pyrrole nitrogens is 1. The average molecular weight is 375 g/mol. The van der Waals surface area contributed by atoms with E-state index < -0.39 is 11.8 Å². The molecule has 0 saturated heterocycles. The van der Waals surface area contributed by atoms with Gasteiger partial charge in [-0.1, -0.05) is 35.9 Å². The molecule has 5 rings (SSSR count). The van der Waals surface area contributed by atoms with Crippen LogP contribution in [-0.4, -0.2) is 16.8 Å². The first kappa shape index (κ1) is 15.8. The van der Waals surface area contributed by atoms with E-state index in [4.69, 9.17) is 11.6 Å². The average Bonchev–Trinajstić information content (AvgIpc) is 2.94. The molecule has 2 amide bonds. The molecule has 0 atom stereocenters. The highest BCUT2D eigenvalue weighted by Crippen LogP contribution is 2.33. The van der Waals surface area contributed by atoms with Gasteiger partial charge in [-0.15, -0.1) is 0 Å². The van der Waals surface area contributed by atoms with Gasteiger partial charge in [-0.25, -0.2) is 4.90 Å². The molecule has 6 heteroatoms. The van der Waals surface area contributed by atoms with Crippen LogP contribution in [0.15, 0.2) is 65.5 Å². The van der Waals surface area contributed by atoms with E-state index in [1.165, 1.54) is 0 Å². The van der Waals surface area contributed by atoms with Crippen molar-refractivity contribution in [3.05, 3.63) is 87.0 Å². The fourth-order valence-corrected chi connectivity index (χ4v) is 3.79. The van der Waals surface area contributed by atoms with E-state index in [1.807, 2.05) is 0 Å². The number of benzene rings is 3. The van der Waals surface area contributed by atoms with Gasteiger partial charge in [0.1, 0.15) is 0 Å². The molecule has 5 nitrogen and oxygen atoms in total. The van der Waals surface area contributed by atoms with Gasteiger partial charge in [0.15, 0.2) is 5.43 Å². The number of rotatable bonds is 1. The fourth-order valence-electron chi connectivity index (χ4n) is 3.57. The summed E-state index contributed by atoms with van der Waals surface area (Å²) in [7, 11) is 0. The van der Waals surface area contributed by atoms with Crippen molar-refractivity contribution in [2.45, 2.75) is 0 Å². The highest BCUT2D eigenvalue weighted by Gasteiger charge is 2.37. The maximum absolute atomic E-state index is 12.9. The Hall–Kier alpha value is -3.44. The molecule has 2 heterocycles. The van der Waals surface area contributed by atoms with E-state index >= 15 is 0 Å². The number of imide groups is 1. The van der Waals surface area contributed by atoms with Gasteiger partial charge in [0.2, 0.25) is 0 Å². The van der Waals surface area contributed by atoms with Crippen LogP contribution in [0.3, 0.4) is 0 Å². The van der Waals surface area contributed by atoms with Gasteiger partial charge in [0, 0.05) is 10.8 Å². The third-order valence-electron chi connectivity index (χ3n) is 4.83. The normalized spacial score (nSPS) is 13.6. The summed E-state index contributed by atoms with van der Waals surface area (Å²) in [4.78, 5) is 42.9. The smallest absolute Gasteiger partial charge is 0.266 e. The number of hydrogen-bond donors (Lipinski definition) is 1. The molecule has 0 aliphatic carbocycles. The Morgan fingerprint density at radius 2 is 1.30 bits per heavy atom. The first-order chi connectivity index (χ1) is 13.1. The summed E-state index contributed by atoms with van der Waals surface area (Å²) < 4.78 is 0. The van der Waals surface area contributed by atoms with Crippen molar-refractivity contribution < 1.29 is 9.59 Å². The molecular formula is C21H11ClN2O3. The first-order valence-electron chi connectivity index (χ1n) is 8.29. The molecule has 130 valence electrons. The lowest BCUT2D eigenvalue weighted by molar-refractivity contribution is 0.0926. The maximum Gasteiger partial charge on any atom is 0.266 e. The Balaban J connectivity index is 1.84. The number of fused-ring (bicyclic) bond motifs is 3. The first-order valence-corrected chi connectivity index (χ1v) is 8.67. The van der Waals surface area contributed by atoms with Crippen molar-refractivity contribution in [2.24, 2.45) is 0 Å². The molecule has 0 bridgehead atoms. The molecule has 3 aromatic carbocycles. The topological polar surface area (TPSA) is 70.2 Å². The standard InChI is InChI=1S/C21H11ClN2O3/c22-15-9-3-7-13-17(15)23-18-14(19(13)25)8-4-10-16(18)24-20(26)11-5-1-2-6-12(11)21(24)27/h1-10H,(H,23,25). The Labute approximate surface area is 157 Å². The zero-order valence-corrected chi connectivity index (χ0v) is 14.6. The largest absolute Gasteiger partial charge is 0.351 e. The van der Waals surface area contributed by atoms with Crippen LogP contribution >= 0.6 is 11.6 Å². The Kier molecular flexibility index (Phi) is 3.23. The quantitative estimate of drug-likeness (QED) is 0.402. The zero-order valence-electron chi connectivity index (χ0n) is 13.8. The molecule has 0 fully saturated rings. The summed E-state index contributed by atoms with van der Waals surface area (Å²) >= 11 is 6.25. The van der Waals surface area contributed by atoms with E-state index in [-0.39, 0.29) is 5.43 Å². The van der Waals surface area contributed by atoms with Crippen molar-refractivity contribution in [3.63, 3.8) is 0 Å². The predicted octanol–water partition coefficient (Wildman–Crippen LogP) is 4.14. The highest BCUT2D eigenvalue weighted by molar-refractivity contribution is 6.37. The van der Waals surface area contributed by atoms with Crippen molar-refractivity contribution in [2.75, 3.05) is 4.90 Å². The zero-order chi connectivity index (χ0) is 18.7. The van der Waals surface area contributed by atoms with Gasteiger partial charge in [0.05, 0.1) is 32.9 Å². The minimum atomic E-state index is -0.414. The third-order valence-corrected chi connectivity index (χ3v) is 5.15. The number of carbonyl (C=O) groups is 2. The molecule has 0 spiro atoms. The summed E-state index contributed by atoms with van der Waals surface area (Å²) in [5.41, 5.74) is 1.69. The number of aromatic amines is 1. The van der Waals surface area contributed by atoms with Crippen LogP contribution in [0.2, 0.25) is 5.02 Å². The minimum Gasteiger partial charge on any atom is -0.351 e. The molecule has 0 unspecified atom stereocenters. The molecule has 0 saturated carbocycles. The molecule has 1 aliphatic heterocycles. The SMILES string of the molecule is O=C1c2ccccc2C(=O)N1c1cccc2c(=O)c3cccc(Cl)c3[nH]c12. The number of nitrogens with one attached hydrogen (secondary N) is 1. The van der Waals surface area contributed by atoms with Crippen molar-refractivity contribution in [1.82, 2.24) is 4.98 Å². The van der Waals surface area contributed by atoms with E-state index in [2.05, 4.69) is 4.98 Å². The number of carbonyl (C=O) groups excluding carboxylic acids is 2. The number of para-hydroxylation sites is 2. The van der Waals surface area contributed by atoms with Gasteiger partial charge in [-0.2, -0.15) is 0 Å². The van der Waals surface area contributed by atoms with Crippen LogP contribution in [0.1, 0.15) is 20.7 Å². The molecule has 1 aromatic heterocycles. The summed E-state index contributed by atoms with van der Waals surface area (Å²) in [6.45, 7) is 0. The Morgan fingerprint density at radius 1 is 0.704 bits per heavy atom. The second-order valence-corrected chi connectivity index (χ2v) is 6.71. The van der Waals surface area contributed by atoms with Crippen molar-refractivity contribution in [1.29, 1.82) is 0 Å². The van der Waals surface area contributed by atoms with Crippen molar-refractivity contribution in [3.8, 4) is 0 Å². The fraction of sp³-hybridized carbons (Fsp3) is 0. The second-order valence-electron chi connectivity index (χ2n) is 6.31. The third kappa shape index (κ3) is 2.09. The molecule has 27 heavy (non-hydrogen) atoms. The molecule has 1 N–H and O–H groups in total. The van der Waals surface area contributed by atoms with E-state index in [1.54, 1.807) is 60.7 Å². The minimum absolute atomic E-state index is 0.209. The van der Waals surface area contributed by atoms with Gasteiger partial charge >= 0.3 is 0 Å². The lowest BCUT2D eigenvalue weighted by atomic mass is 10.1. The van der Waals surface area contributed by atoms with Crippen LogP contribution in [0, 0.1) is 0 Å². The number of nitrogens with zero attached hydrogens (tertiary/aromatic N) is 1. The number of halogens is 1. The number of aromatic nitrogens is 1. The summed E-state index contributed by atoms with van der Waals surface area (Å²) in [6.07, 6.45) is 0. The number of pyridine rings is 1. The molecule has 4 aromatic rings. The van der Waals surface area contributed by atoms with Crippen LogP contribution in [-0.2, 0) is 0 Å². The number of hydrogen-bond acceptors (Lipinski definition) is 3. The van der Waals surface area contributed by atoms with E-state index in [0.29, 0.717) is 43.6 Å². The number of anilines is 1. The Morgan fingerprint density at radius 3 is 1.96 bits per heavy atom. The second kappa shape index (κ2) is 5.53. The van der Waals surface area contributed by atoms with Crippen LogP contribution < -0.4 is 10.3 Å². The highest BCUT2D eigenvalue weighted by atomic mass is 35.5. The summed E-state index contributed by atoms with van der Waals surface area (Å²) in [5.74, 6) is -0.827. The maximum atomic E-state index is 12.9. The van der Waals surface area contributed by atoms with Crippen LogP contribution in [0.5, 0.6) is 0 Å². The summed E-state index contributed by atoms with van der Waals surface area (Å²) in [6, 6.07) is 16.7. The van der Waals surface area contributed by atoms with Gasteiger partial charge in [0.25, 0.3) is 11.8 Å². The van der Waals surface area contributed by atoms with Crippen molar-refractivity contribution >= 4 is 50.9 Å². The lowest BCUT2D eigenvalue weighted by Crippen LogP contribution is -2.30. The van der Waals surface area contributed by atoms with Gasteiger partial charge in [-0.05, 0) is 36.4 Å². The number of amides is 2. The molecule has 0 radical (unpaired) electrons. The van der Waals surface area contributed by atoms with Gasteiger partial charge < -0.3 is 4.98 Å². The molecular weight excluding hydrogens is 364 g/mol. The van der Waals surface area contributed by atoms with Gasteiger partial charge in [-0.3, -0.25) is 14.4 Å². The van der Waals surface area contributed by atoms with Crippen LogP contribution in [0.25, 0.3) is 21.8 Å². The van der Waals surface area contributed by atoms with E-state index in [0.717, 1.165) is 4.90 Å². The van der Waals surface area contributed by atoms with E-state index in [9.17, 15) is 14.4 Å².